The van der Waals surface area contributed by atoms with Crippen LogP contribution in [0.5, 0.6) is 5.75 Å². The van der Waals surface area contributed by atoms with Crippen LogP contribution >= 0.6 is 0 Å². The number of ether oxygens (including phenoxy) is 1. The lowest BCUT2D eigenvalue weighted by atomic mass is 9.88. The maximum Gasteiger partial charge on any atom is 0.460 e. The van der Waals surface area contributed by atoms with Gasteiger partial charge < -0.3 is 4.74 Å². The third kappa shape index (κ3) is 5.46. The van der Waals surface area contributed by atoms with Gasteiger partial charge in [-0.1, -0.05) is 0 Å². The van der Waals surface area contributed by atoms with Crippen LogP contribution in [0.2, 0.25) is 0 Å². The van der Waals surface area contributed by atoms with E-state index in [0.29, 0.717) is 0 Å². The lowest BCUT2D eigenvalue weighted by Gasteiger charge is -2.42. The van der Waals surface area contributed by atoms with Gasteiger partial charge in [-0.3, -0.25) is 9.59 Å². The Morgan fingerprint density at radius 2 is 1.00 bits per heavy atom. The second-order valence-corrected chi connectivity index (χ2v) is 7.61. The van der Waals surface area contributed by atoms with Gasteiger partial charge in [0.2, 0.25) is 5.78 Å². The fourth-order valence-corrected chi connectivity index (χ4v) is 2.62. The monoisotopic (exact) mass is 610 g/mol. The van der Waals surface area contributed by atoms with Gasteiger partial charge in [-0.25, -0.2) is 0 Å². The first-order valence-electron chi connectivity index (χ1n) is 9.61. The molecule has 224 valence electrons. The number of aldehydes is 1. The van der Waals surface area contributed by atoms with Crippen LogP contribution in [-0.2, 0) is 4.79 Å². The highest BCUT2D eigenvalue weighted by molar-refractivity contribution is 6.33. The molecule has 0 atom stereocenters. The summed E-state index contributed by atoms with van der Waals surface area (Å²) in [6, 6.07) is 3.71. The average Bonchev–Trinajstić information content (AvgIpc) is 2.80. The number of Topliss-reactive ketones (excluding diaryl/α,β-unsaturated/α-hetero) is 1. The molecule has 0 aliphatic rings. The van der Waals surface area contributed by atoms with Gasteiger partial charge >= 0.3 is 47.6 Å². The van der Waals surface area contributed by atoms with Gasteiger partial charge in [0.25, 0.3) is 0 Å². The van der Waals surface area contributed by atoms with Crippen LogP contribution in [0.4, 0.5) is 74.6 Å². The Labute approximate surface area is 204 Å². The van der Waals surface area contributed by atoms with Crippen LogP contribution in [0.25, 0.3) is 0 Å². The smallest absolute Gasteiger partial charge is 0.460 e. The molecule has 0 bridgehead atoms. The van der Waals surface area contributed by atoms with E-state index in [1.807, 2.05) is 0 Å². The summed E-state index contributed by atoms with van der Waals surface area (Å²) < 4.78 is 229. The molecule has 0 amide bonds. The molecule has 1 aromatic carbocycles. The Hall–Kier alpha value is -2.83. The van der Waals surface area contributed by atoms with Crippen molar-refractivity contribution in [1.82, 2.24) is 0 Å². The van der Waals surface area contributed by atoms with Crippen LogP contribution in [0, 0.1) is 0 Å². The highest BCUT2D eigenvalue weighted by Crippen LogP contribution is 2.64. The van der Waals surface area contributed by atoms with Crippen LogP contribution in [-0.4, -0.2) is 66.3 Å². The van der Waals surface area contributed by atoms with Crippen molar-refractivity contribution in [1.29, 1.82) is 0 Å². The van der Waals surface area contributed by atoms with Gasteiger partial charge in [-0.05, 0) is 30.7 Å². The summed E-state index contributed by atoms with van der Waals surface area (Å²) in [6.07, 6.45) is -12.0. The summed E-state index contributed by atoms with van der Waals surface area (Å²) in [4.78, 5) is 21.4. The van der Waals surface area contributed by atoms with E-state index in [-0.39, 0.29) is 17.6 Å². The van der Waals surface area contributed by atoms with E-state index in [1.54, 1.807) is 0 Å². The van der Waals surface area contributed by atoms with Crippen molar-refractivity contribution in [3.63, 3.8) is 0 Å². The van der Waals surface area contributed by atoms with E-state index in [4.69, 9.17) is 0 Å². The molecule has 0 saturated heterocycles. The fourth-order valence-electron chi connectivity index (χ4n) is 2.62. The van der Waals surface area contributed by atoms with Gasteiger partial charge in [0.1, 0.15) is 5.75 Å². The van der Waals surface area contributed by atoms with Gasteiger partial charge in [0, 0.05) is 12.0 Å². The molecule has 0 heterocycles. The molecule has 39 heavy (non-hydrogen) atoms. The fraction of sp³-hybridized carbons (Fsp3) is 0.579. The second kappa shape index (κ2) is 10.3. The number of carbonyl (C=O) groups is 2. The highest BCUT2D eigenvalue weighted by Gasteiger charge is 2.95. The maximum atomic E-state index is 13.8. The summed E-state index contributed by atoms with van der Waals surface area (Å²) >= 11 is 0. The molecule has 0 fully saturated rings. The molecular weight excluding hydrogens is 599 g/mol. The molecule has 1 rings (SSSR count). The van der Waals surface area contributed by atoms with E-state index in [2.05, 4.69) is 4.74 Å². The first kappa shape index (κ1) is 34.2. The molecular formula is C19H11F17O3. The minimum Gasteiger partial charge on any atom is -0.494 e. The Morgan fingerprint density at radius 1 is 0.615 bits per heavy atom. The number of rotatable bonds is 13. The van der Waals surface area contributed by atoms with Crippen molar-refractivity contribution in [2.24, 2.45) is 0 Å². The third-order valence-electron chi connectivity index (χ3n) is 4.94. The molecule has 3 nitrogen and oxygen atoms in total. The zero-order valence-electron chi connectivity index (χ0n) is 18.2. The summed E-state index contributed by atoms with van der Waals surface area (Å²) in [5.41, 5.74) is -0.206. The minimum absolute atomic E-state index is 0.101. The predicted octanol–water partition coefficient (Wildman–Crippen LogP) is 7.24. The Balaban J connectivity index is 3.17. The number of hydrogen-bond donors (Lipinski definition) is 0. The van der Waals surface area contributed by atoms with Crippen molar-refractivity contribution in [2.75, 3.05) is 6.61 Å². The number of halogens is 17. The zero-order valence-corrected chi connectivity index (χ0v) is 18.2. The Morgan fingerprint density at radius 3 is 1.38 bits per heavy atom. The largest absolute Gasteiger partial charge is 0.494 e. The summed E-state index contributed by atoms with van der Waals surface area (Å²) in [5, 5.41) is 0. The number of hydrogen-bond acceptors (Lipinski definition) is 3. The van der Waals surface area contributed by atoms with Gasteiger partial charge in [-0.2, -0.15) is 74.6 Å². The van der Waals surface area contributed by atoms with E-state index >= 15 is 0 Å². The summed E-state index contributed by atoms with van der Waals surface area (Å²) in [6.45, 7) is -1.12. The number of ketones is 1. The van der Waals surface area contributed by atoms with Crippen molar-refractivity contribution in [3.8, 4) is 5.75 Å². The number of carbonyl (C=O) groups excluding carboxylic acids is 2. The first-order chi connectivity index (χ1) is 17.2. The van der Waals surface area contributed by atoms with Crippen LogP contribution in [0.3, 0.4) is 0 Å². The summed E-state index contributed by atoms with van der Waals surface area (Å²) in [7, 11) is 0. The molecule has 0 spiro atoms. The summed E-state index contributed by atoms with van der Waals surface area (Å²) in [5.74, 6) is -57.9. The predicted molar refractivity (Wildman–Crippen MR) is 92.2 cm³/mol. The van der Waals surface area contributed by atoms with Crippen molar-refractivity contribution in [3.05, 3.63) is 29.8 Å². The normalized spacial score (nSPS) is 14.8. The quantitative estimate of drug-likeness (QED) is 0.0779. The lowest BCUT2D eigenvalue weighted by molar-refractivity contribution is -0.461. The van der Waals surface area contributed by atoms with Crippen LogP contribution in [0.15, 0.2) is 24.3 Å². The van der Waals surface area contributed by atoms with Crippen molar-refractivity contribution < 1.29 is 89.0 Å². The van der Waals surface area contributed by atoms with E-state index in [9.17, 15) is 84.2 Å². The number of alkyl halides is 17. The van der Waals surface area contributed by atoms with E-state index in [0.717, 1.165) is 24.3 Å². The Bertz CT molecular complexity index is 1030. The third-order valence-corrected chi connectivity index (χ3v) is 4.94. The average molecular weight is 610 g/mol. The van der Waals surface area contributed by atoms with Gasteiger partial charge in [-0.15, -0.1) is 0 Å². The minimum atomic E-state index is -8.66. The standard InChI is InChI=1S/C19H11F17O3/c20-12(21,6-1-7-39-10-4-2-9(3-5-10)11(38)8-37)13(22,23)14(24,25)15(26,27)16(28,29)17(30,31)18(32,33)19(34,35)36/h2-5,8H,1,6-7H2. The van der Waals surface area contributed by atoms with Crippen LogP contribution in [0.1, 0.15) is 23.2 Å². The lowest BCUT2D eigenvalue weighted by Crippen LogP contribution is -2.74. The zero-order chi connectivity index (χ0) is 31.1. The first-order valence-corrected chi connectivity index (χ1v) is 9.61. The van der Waals surface area contributed by atoms with Gasteiger partial charge in [0.15, 0.2) is 6.29 Å². The topological polar surface area (TPSA) is 43.4 Å². The molecule has 0 aliphatic carbocycles. The highest BCUT2D eigenvalue weighted by atomic mass is 19.4. The molecule has 0 aromatic heterocycles. The molecule has 0 unspecified atom stereocenters. The second-order valence-electron chi connectivity index (χ2n) is 7.61. The molecule has 0 aliphatic heterocycles. The maximum absolute atomic E-state index is 13.8. The van der Waals surface area contributed by atoms with Crippen molar-refractivity contribution >= 4 is 12.1 Å². The molecule has 0 saturated carbocycles. The SMILES string of the molecule is O=CC(=O)c1ccc(OCCCC(F)(F)C(F)(F)C(F)(F)C(F)(F)C(F)(F)C(F)(F)C(F)(F)C(F)(F)F)cc1. The van der Waals surface area contributed by atoms with Crippen LogP contribution < -0.4 is 4.74 Å². The van der Waals surface area contributed by atoms with E-state index in [1.165, 1.54) is 0 Å². The molecule has 1 aromatic rings. The van der Waals surface area contributed by atoms with E-state index < -0.39 is 72.9 Å². The molecule has 0 N–H and O–H groups in total. The van der Waals surface area contributed by atoms with Gasteiger partial charge in [0.05, 0.1) is 6.61 Å². The Kier molecular flexibility index (Phi) is 9.02. The van der Waals surface area contributed by atoms with Crippen molar-refractivity contribution in [2.45, 2.75) is 60.5 Å². The number of benzene rings is 1. The molecule has 0 radical (unpaired) electrons. The molecule has 20 heteroatoms.